The molecule has 2 heterocycles. The highest BCUT2D eigenvalue weighted by Gasteiger charge is 2.39. The van der Waals surface area contributed by atoms with Crippen LogP contribution in [0.25, 0.3) is 0 Å². The molecule has 4 heteroatoms. The quantitative estimate of drug-likeness (QED) is 0.156. The zero-order valence-corrected chi connectivity index (χ0v) is 35.1. The second-order valence-corrected chi connectivity index (χ2v) is 20.1. The van der Waals surface area contributed by atoms with Gasteiger partial charge in [-0.25, -0.2) is 0 Å². The van der Waals surface area contributed by atoms with E-state index in [4.69, 9.17) is 9.47 Å². The fourth-order valence-electron chi connectivity index (χ4n) is 8.42. The first-order valence-electron chi connectivity index (χ1n) is 19.9. The average molecular weight is 789 g/mol. The Balaban J connectivity index is 0.000000226. The summed E-state index contributed by atoms with van der Waals surface area (Å²) in [7, 11) is -1.65. The Labute approximate surface area is 345 Å². The molecule has 2 aliphatic heterocycles. The number of benzene rings is 8. The molecule has 0 amide bonds. The van der Waals surface area contributed by atoms with Crippen LogP contribution in [0.5, 0.6) is 23.0 Å². The maximum atomic E-state index is 7.26. The third-order valence-electron chi connectivity index (χ3n) is 11.4. The van der Waals surface area contributed by atoms with Crippen molar-refractivity contribution >= 4 is 47.7 Å². The van der Waals surface area contributed by atoms with E-state index in [9.17, 15) is 0 Å². The van der Waals surface area contributed by atoms with E-state index in [0.717, 1.165) is 23.0 Å². The monoisotopic (exact) mass is 788 g/mol. The lowest BCUT2D eigenvalue weighted by molar-refractivity contribution is 0.418. The van der Waals surface area contributed by atoms with Crippen LogP contribution < -0.4 is 41.3 Å². The molecule has 10 rings (SSSR count). The first kappa shape index (κ1) is 37.8. The van der Waals surface area contributed by atoms with Crippen LogP contribution in [-0.4, -0.2) is 0 Å². The van der Waals surface area contributed by atoms with Crippen molar-refractivity contribution < 1.29 is 9.47 Å². The largest absolute Gasteiger partial charge is 0.457 e. The summed E-state index contributed by atoms with van der Waals surface area (Å²) < 4.78 is 13.2. The predicted molar refractivity (Wildman–Crippen MR) is 248 cm³/mol. The lowest BCUT2D eigenvalue weighted by Gasteiger charge is -2.38. The fraction of sp³-hybridized carbons (Fsp3) is 0.111. The molecule has 8 aromatic rings. The summed E-state index contributed by atoms with van der Waals surface area (Å²) in [5.41, 5.74) is 4.80. The normalized spacial score (nSPS) is 14.0. The zero-order valence-electron chi connectivity index (χ0n) is 33.3. The fourth-order valence-corrected chi connectivity index (χ4v) is 13.2. The lowest BCUT2D eigenvalue weighted by atomic mass is 9.76. The van der Waals surface area contributed by atoms with Crippen molar-refractivity contribution in [3.8, 4) is 23.0 Å². The highest BCUT2D eigenvalue weighted by Crippen LogP contribution is 2.52. The van der Waals surface area contributed by atoms with Crippen LogP contribution in [0.2, 0.25) is 0 Å². The van der Waals surface area contributed by atoms with Crippen molar-refractivity contribution in [3.05, 3.63) is 229 Å². The molecule has 0 saturated carbocycles. The minimum absolute atomic E-state index is 0.0193. The number of ether oxygens (including phenoxy) is 2. The van der Waals surface area contributed by atoms with E-state index in [1.807, 2.05) is 24.3 Å². The molecule has 0 saturated heterocycles. The summed E-state index contributed by atoms with van der Waals surface area (Å²) in [4.78, 5) is 0. The van der Waals surface area contributed by atoms with Gasteiger partial charge in [-0.1, -0.05) is 222 Å². The molecule has 0 N–H and O–H groups in total. The highest BCUT2D eigenvalue weighted by molar-refractivity contribution is 7.80. The minimum atomic E-state index is -0.824. The van der Waals surface area contributed by atoms with Crippen LogP contribution in [-0.2, 0) is 10.8 Å². The maximum absolute atomic E-state index is 7.26. The van der Waals surface area contributed by atoms with Crippen LogP contribution in [0, 0.1) is 0 Å². The van der Waals surface area contributed by atoms with Crippen molar-refractivity contribution in [2.24, 2.45) is 0 Å². The summed E-state index contributed by atoms with van der Waals surface area (Å²) in [6, 6.07) is 73.7. The van der Waals surface area contributed by atoms with Gasteiger partial charge in [-0.2, -0.15) is 0 Å². The van der Waals surface area contributed by atoms with Gasteiger partial charge in [-0.3, -0.25) is 0 Å². The van der Waals surface area contributed by atoms with Crippen molar-refractivity contribution in [3.63, 3.8) is 0 Å². The SMILES string of the molecule is CC1(C)c2cccc(P(c3ccccc3)c3ccccc3)c2Oc2c(P(c3ccccc3)c3ccccc3)cccc21.CC1(C)c2ccccc2Oc2ccccc21. The second kappa shape index (κ2) is 15.9. The van der Waals surface area contributed by atoms with Gasteiger partial charge in [0.25, 0.3) is 0 Å². The van der Waals surface area contributed by atoms with Crippen molar-refractivity contribution in [1.29, 1.82) is 0 Å². The van der Waals surface area contributed by atoms with Gasteiger partial charge in [-0.05, 0) is 49.2 Å². The molecule has 2 nitrogen and oxygen atoms in total. The van der Waals surface area contributed by atoms with Gasteiger partial charge in [0.2, 0.25) is 0 Å². The molecule has 0 spiro atoms. The van der Waals surface area contributed by atoms with Crippen LogP contribution in [0.1, 0.15) is 49.9 Å². The summed E-state index contributed by atoms with van der Waals surface area (Å²) in [6.45, 7) is 9.18. The maximum Gasteiger partial charge on any atom is 0.139 e. The first-order valence-corrected chi connectivity index (χ1v) is 22.6. The van der Waals surface area contributed by atoms with Gasteiger partial charge >= 0.3 is 0 Å². The van der Waals surface area contributed by atoms with Crippen molar-refractivity contribution in [1.82, 2.24) is 0 Å². The molecule has 0 aliphatic carbocycles. The molecule has 0 aromatic heterocycles. The van der Waals surface area contributed by atoms with E-state index < -0.39 is 15.8 Å². The van der Waals surface area contributed by atoms with Crippen LogP contribution in [0.3, 0.4) is 0 Å². The number of hydrogen-bond donors (Lipinski definition) is 0. The Morgan fingerprint density at radius 3 is 0.948 bits per heavy atom. The van der Waals surface area contributed by atoms with Gasteiger partial charge in [-0.15, -0.1) is 0 Å². The minimum Gasteiger partial charge on any atom is -0.457 e. The summed E-state index contributed by atoms with van der Waals surface area (Å²) in [5.74, 6) is 3.98. The highest BCUT2D eigenvalue weighted by atomic mass is 31.1. The van der Waals surface area contributed by atoms with E-state index in [0.29, 0.717) is 0 Å². The smallest absolute Gasteiger partial charge is 0.139 e. The molecule has 284 valence electrons. The first-order chi connectivity index (χ1) is 28.3. The molecule has 2 aliphatic rings. The molecular formula is C54H46O2P2. The van der Waals surface area contributed by atoms with Crippen LogP contribution in [0.15, 0.2) is 206 Å². The van der Waals surface area contributed by atoms with Gasteiger partial charge in [0, 0.05) is 43.7 Å². The summed E-state index contributed by atoms with van der Waals surface area (Å²) >= 11 is 0. The zero-order chi connectivity index (χ0) is 39.7. The topological polar surface area (TPSA) is 18.5 Å². The molecule has 0 bridgehead atoms. The van der Waals surface area contributed by atoms with Crippen molar-refractivity contribution in [2.75, 3.05) is 0 Å². The van der Waals surface area contributed by atoms with E-state index in [1.54, 1.807) is 0 Å². The van der Waals surface area contributed by atoms with Crippen molar-refractivity contribution in [2.45, 2.75) is 38.5 Å². The number of hydrogen-bond acceptors (Lipinski definition) is 2. The third kappa shape index (κ3) is 6.96. The molecule has 8 aromatic carbocycles. The number of para-hydroxylation sites is 4. The Morgan fingerprint density at radius 1 is 0.293 bits per heavy atom. The van der Waals surface area contributed by atoms with Crippen LogP contribution >= 0.6 is 15.8 Å². The average Bonchev–Trinajstić information content (AvgIpc) is 3.26. The van der Waals surface area contributed by atoms with E-state index in [-0.39, 0.29) is 10.8 Å². The molecule has 0 fully saturated rings. The van der Waals surface area contributed by atoms with Gasteiger partial charge in [0.05, 0.1) is 0 Å². The van der Waals surface area contributed by atoms with Crippen LogP contribution in [0.4, 0.5) is 0 Å². The lowest BCUT2D eigenvalue weighted by Crippen LogP contribution is -2.32. The van der Waals surface area contributed by atoms with E-state index in [2.05, 4.69) is 210 Å². The molecule has 0 radical (unpaired) electrons. The van der Waals surface area contributed by atoms with Gasteiger partial charge in [0.1, 0.15) is 23.0 Å². The van der Waals surface area contributed by atoms with Gasteiger partial charge < -0.3 is 9.47 Å². The summed E-state index contributed by atoms with van der Waals surface area (Å²) in [5, 5.41) is 7.81. The number of rotatable bonds is 6. The second-order valence-electron chi connectivity index (χ2n) is 15.8. The molecule has 58 heavy (non-hydrogen) atoms. The standard InChI is InChI=1S/C39H32OP2.C15H14O/c1-39(2)33-25-15-27-35(41(29-17-7-3-8-18-29)30-19-9-4-10-20-30)37(33)40-38-34(39)26-16-28-36(38)42(31-21-11-5-12-22-31)32-23-13-6-14-24-32;1-15(2)11-7-3-5-9-13(11)16-14-10-6-4-8-12(14)15/h3-28H,1-2H3;3-10H,1-2H3. The van der Waals surface area contributed by atoms with E-state index in [1.165, 1.54) is 54.1 Å². The molecular weight excluding hydrogens is 743 g/mol. The molecule has 0 unspecified atom stereocenters. The Hall–Kier alpha value is -5.78. The van der Waals surface area contributed by atoms with Gasteiger partial charge in [0.15, 0.2) is 0 Å². The third-order valence-corrected chi connectivity index (χ3v) is 16.3. The Kier molecular flexibility index (Phi) is 10.3. The Bertz CT molecular complexity index is 2410. The summed E-state index contributed by atoms with van der Waals surface area (Å²) in [6.07, 6.45) is 0. The predicted octanol–water partition coefficient (Wildman–Crippen LogP) is 11.8. The Morgan fingerprint density at radius 2 is 0.586 bits per heavy atom. The van der Waals surface area contributed by atoms with E-state index >= 15 is 0 Å². The molecule has 0 atom stereocenters. The number of fused-ring (bicyclic) bond motifs is 4.